The first-order valence-electron chi connectivity index (χ1n) is 6.27. The first kappa shape index (κ1) is 13.5. The normalized spacial score (nSPS) is 11.6. The molecule has 0 amide bonds. The van der Waals surface area contributed by atoms with Gasteiger partial charge in [0.15, 0.2) is 5.82 Å². The summed E-state index contributed by atoms with van der Waals surface area (Å²) < 4.78 is 10.5. The summed E-state index contributed by atoms with van der Waals surface area (Å²) in [6.07, 6.45) is 3.13. The van der Waals surface area contributed by atoms with Crippen molar-refractivity contribution in [1.29, 1.82) is 0 Å². The summed E-state index contributed by atoms with van der Waals surface area (Å²) >= 11 is 0. The molecule has 2 aromatic heterocycles. The zero-order chi connectivity index (χ0) is 13.9. The molecule has 0 bridgehead atoms. The van der Waals surface area contributed by atoms with E-state index in [9.17, 15) is 0 Å². The van der Waals surface area contributed by atoms with E-state index in [0.29, 0.717) is 23.2 Å². The van der Waals surface area contributed by atoms with Crippen LogP contribution in [-0.2, 0) is 5.54 Å². The van der Waals surface area contributed by atoms with Crippen molar-refractivity contribution in [2.45, 2.75) is 32.2 Å². The topological polar surface area (TPSA) is 87.1 Å². The van der Waals surface area contributed by atoms with Crippen molar-refractivity contribution < 1.29 is 9.26 Å². The largest absolute Gasteiger partial charge is 0.480 e. The Kier molecular flexibility index (Phi) is 3.80. The Bertz CT molecular complexity index is 549. The quantitative estimate of drug-likeness (QED) is 0.888. The Morgan fingerprint density at radius 1 is 1.37 bits per heavy atom. The van der Waals surface area contributed by atoms with E-state index in [1.54, 1.807) is 19.4 Å². The molecule has 2 rings (SSSR count). The van der Waals surface area contributed by atoms with Gasteiger partial charge >= 0.3 is 0 Å². The first-order valence-corrected chi connectivity index (χ1v) is 6.27. The van der Waals surface area contributed by atoms with Gasteiger partial charge in [0, 0.05) is 6.20 Å². The number of ether oxygens (including phenoxy) is 1. The van der Waals surface area contributed by atoms with Crippen LogP contribution < -0.4 is 10.5 Å². The molecule has 6 heteroatoms. The highest BCUT2D eigenvalue weighted by Crippen LogP contribution is 2.29. The maximum Gasteiger partial charge on any atom is 0.263 e. The number of nitrogens with zero attached hydrogens (tertiary/aromatic N) is 3. The zero-order valence-corrected chi connectivity index (χ0v) is 11.4. The van der Waals surface area contributed by atoms with Crippen LogP contribution in [0.25, 0.3) is 11.5 Å². The van der Waals surface area contributed by atoms with Crippen molar-refractivity contribution >= 4 is 0 Å². The number of aromatic nitrogens is 3. The molecule has 2 N–H and O–H groups in total. The van der Waals surface area contributed by atoms with Gasteiger partial charge in [0.2, 0.25) is 5.88 Å². The minimum Gasteiger partial charge on any atom is -0.480 e. The van der Waals surface area contributed by atoms with Crippen molar-refractivity contribution in [2.24, 2.45) is 5.73 Å². The van der Waals surface area contributed by atoms with Gasteiger partial charge in [-0.25, -0.2) is 4.98 Å². The second kappa shape index (κ2) is 5.36. The van der Waals surface area contributed by atoms with Crippen molar-refractivity contribution in [3.05, 3.63) is 24.2 Å². The molecule has 0 atom stereocenters. The lowest BCUT2D eigenvalue weighted by Crippen LogP contribution is -2.36. The zero-order valence-electron chi connectivity index (χ0n) is 11.4. The van der Waals surface area contributed by atoms with Gasteiger partial charge in [-0.1, -0.05) is 19.0 Å². The Morgan fingerprint density at radius 2 is 2.11 bits per heavy atom. The van der Waals surface area contributed by atoms with Crippen LogP contribution in [0.5, 0.6) is 5.88 Å². The van der Waals surface area contributed by atoms with Gasteiger partial charge in [-0.05, 0) is 25.0 Å². The molecule has 0 saturated carbocycles. The predicted octanol–water partition coefficient (Wildman–Crippen LogP) is 2.11. The fraction of sp³-hybridized carbons (Fsp3) is 0.462. The van der Waals surface area contributed by atoms with Gasteiger partial charge in [-0.2, -0.15) is 4.98 Å². The van der Waals surface area contributed by atoms with Crippen LogP contribution in [0, 0.1) is 0 Å². The molecule has 102 valence electrons. The summed E-state index contributed by atoms with van der Waals surface area (Å²) in [6, 6.07) is 3.61. The molecule has 0 aromatic carbocycles. The molecule has 0 aliphatic heterocycles. The molecule has 0 unspecified atom stereocenters. The second-order valence-electron chi connectivity index (χ2n) is 4.35. The highest BCUT2D eigenvalue weighted by Gasteiger charge is 2.29. The molecule has 0 aliphatic rings. The number of pyridine rings is 1. The lowest BCUT2D eigenvalue weighted by atomic mass is 9.93. The molecule has 6 nitrogen and oxygen atoms in total. The molecular formula is C13H18N4O2. The number of methoxy groups -OCH3 is 1. The van der Waals surface area contributed by atoms with E-state index >= 15 is 0 Å². The van der Waals surface area contributed by atoms with E-state index in [1.165, 1.54) is 0 Å². The molecule has 2 aromatic rings. The fourth-order valence-corrected chi connectivity index (χ4v) is 1.82. The van der Waals surface area contributed by atoms with Gasteiger partial charge in [-0.3, -0.25) is 0 Å². The van der Waals surface area contributed by atoms with E-state index in [0.717, 1.165) is 12.8 Å². The summed E-state index contributed by atoms with van der Waals surface area (Å²) in [4.78, 5) is 8.48. The molecule has 0 radical (unpaired) electrons. The van der Waals surface area contributed by atoms with Crippen LogP contribution in [0.15, 0.2) is 22.9 Å². The summed E-state index contributed by atoms with van der Waals surface area (Å²) in [5, 5.41) is 3.99. The van der Waals surface area contributed by atoms with Gasteiger partial charge < -0.3 is 15.0 Å². The number of nitrogens with two attached hydrogens (primary N) is 1. The third-order valence-electron chi connectivity index (χ3n) is 3.33. The maximum absolute atomic E-state index is 6.25. The molecule has 0 fully saturated rings. The Morgan fingerprint density at radius 3 is 2.74 bits per heavy atom. The third-order valence-corrected chi connectivity index (χ3v) is 3.33. The summed E-state index contributed by atoms with van der Waals surface area (Å²) in [5.41, 5.74) is 6.35. The van der Waals surface area contributed by atoms with Crippen LogP contribution in [0.3, 0.4) is 0 Å². The Labute approximate surface area is 112 Å². The lowest BCUT2D eigenvalue weighted by Gasteiger charge is -2.21. The molecular weight excluding hydrogens is 244 g/mol. The average molecular weight is 262 g/mol. The highest BCUT2D eigenvalue weighted by atomic mass is 16.5. The lowest BCUT2D eigenvalue weighted by molar-refractivity contribution is 0.349. The first-order chi connectivity index (χ1) is 9.14. The van der Waals surface area contributed by atoms with Gasteiger partial charge in [0.25, 0.3) is 5.89 Å². The van der Waals surface area contributed by atoms with Gasteiger partial charge in [0.05, 0.1) is 12.6 Å². The van der Waals surface area contributed by atoms with Crippen molar-refractivity contribution in [3.63, 3.8) is 0 Å². The standard InChI is InChI=1S/C13H18N4O2/c1-4-13(14,5-2)12-16-11(19-17-12)9-7-6-8-15-10(9)18-3/h6-8H,4-5,14H2,1-3H3. The number of hydrogen-bond acceptors (Lipinski definition) is 6. The van der Waals surface area contributed by atoms with E-state index in [2.05, 4.69) is 15.1 Å². The van der Waals surface area contributed by atoms with Crippen molar-refractivity contribution in [2.75, 3.05) is 7.11 Å². The van der Waals surface area contributed by atoms with Crippen LogP contribution in [0.2, 0.25) is 0 Å². The summed E-state index contributed by atoms with van der Waals surface area (Å²) in [6.45, 7) is 4.01. The monoisotopic (exact) mass is 262 g/mol. The molecule has 0 spiro atoms. The smallest absolute Gasteiger partial charge is 0.263 e. The summed E-state index contributed by atoms with van der Waals surface area (Å²) in [5.74, 6) is 1.34. The minimum absolute atomic E-state index is 0.372. The van der Waals surface area contributed by atoms with Crippen LogP contribution in [-0.4, -0.2) is 22.2 Å². The number of rotatable bonds is 5. The van der Waals surface area contributed by atoms with Gasteiger partial charge in [0.1, 0.15) is 5.56 Å². The third kappa shape index (κ3) is 2.44. The van der Waals surface area contributed by atoms with Crippen LogP contribution >= 0.6 is 0 Å². The highest BCUT2D eigenvalue weighted by molar-refractivity contribution is 5.59. The Balaban J connectivity index is 2.41. The van der Waals surface area contributed by atoms with E-state index in [1.807, 2.05) is 19.9 Å². The molecule has 0 saturated heterocycles. The predicted molar refractivity (Wildman–Crippen MR) is 70.5 cm³/mol. The second-order valence-corrected chi connectivity index (χ2v) is 4.35. The van der Waals surface area contributed by atoms with Crippen molar-refractivity contribution in [1.82, 2.24) is 15.1 Å². The number of hydrogen-bond donors (Lipinski definition) is 1. The fourth-order valence-electron chi connectivity index (χ4n) is 1.82. The molecule has 2 heterocycles. The van der Waals surface area contributed by atoms with E-state index < -0.39 is 5.54 Å². The summed E-state index contributed by atoms with van der Waals surface area (Å²) in [7, 11) is 1.55. The molecule has 19 heavy (non-hydrogen) atoms. The van der Waals surface area contributed by atoms with Crippen LogP contribution in [0.4, 0.5) is 0 Å². The van der Waals surface area contributed by atoms with E-state index in [4.69, 9.17) is 15.0 Å². The SMILES string of the molecule is CCC(N)(CC)c1noc(-c2cccnc2OC)n1. The van der Waals surface area contributed by atoms with Gasteiger partial charge in [-0.15, -0.1) is 0 Å². The van der Waals surface area contributed by atoms with E-state index in [-0.39, 0.29) is 0 Å². The Hall–Kier alpha value is -1.95. The maximum atomic E-state index is 6.25. The molecule has 0 aliphatic carbocycles. The van der Waals surface area contributed by atoms with Crippen molar-refractivity contribution in [3.8, 4) is 17.3 Å². The minimum atomic E-state index is -0.558. The average Bonchev–Trinajstić information content (AvgIpc) is 2.96. The van der Waals surface area contributed by atoms with Crippen LogP contribution in [0.1, 0.15) is 32.5 Å².